The number of halogens is 1. The van der Waals surface area contributed by atoms with Crippen molar-refractivity contribution in [3.63, 3.8) is 0 Å². The number of morpholine rings is 1. The molecule has 0 atom stereocenters. The lowest BCUT2D eigenvalue weighted by molar-refractivity contribution is -0.113. The van der Waals surface area contributed by atoms with Crippen molar-refractivity contribution in [3.8, 4) is 0 Å². The normalized spacial score (nSPS) is 16.1. The molecule has 1 N–H and O–H groups in total. The molecule has 1 heterocycles. The molecule has 4 nitrogen and oxygen atoms in total. The fourth-order valence-corrected chi connectivity index (χ4v) is 2.74. The maximum atomic E-state index is 13.0. The Kier molecular flexibility index (Phi) is 6.29. The van der Waals surface area contributed by atoms with Crippen LogP contribution in [-0.4, -0.2) is 55.2 Å². The third-order valence-corrected chi connectivity index (χ3v) is 3.93. The van der Waals surface area contributed by atoms with E-state index >= 15 is 0 Å². The smallest absolute Gasteiger partial charge is 0.234 e. The average Bonchev–Trinajstić information content (AvgIpc) is 2.45. The first kappa shape index (κ1) is 15.3. The van der Waals surface area contributed by atoms with E-state index < -0.39 is 0 Å². The maximum absolute atomic E-state index is 13.0. The van der Waals surface area contributed by atoms with Crippen LogP contribution in [0.2, 0.25) is 0 Å². The van der Waals surface area contributed by atoms with E-state index in [1.165, 1.54) is 12.1 Å². The number of carbonyl (C=O) groups excluding carboxylic acids is 1. The Morgan fingerprint density at radius 1 is 1.40 bits per heavy atom. The fourth-order valence-electron chi connectivity index (χ4n) is 1.95. The van der Waals surface area contributed by atoms with Crippen molar-refractivity contribution in [2.75, 3.05) is 49.7 Å². The molecule has 1 saturated heterocycles. The van der Waals surface area contributed by atoms with Gasteiger partial charge < -0.3 is 10.1 Å². The minimum Gasteiger partial charge on any atom is -0.379 e. The summed E-state index contributed by atoms with van der Waals surface area (Å²) in [6.45, 7) is 4.50. The summed E-state index contributed by atoms with van der Waals surface area (Å²) >= 11 is 1.59. The summed E-state index contributed by atoms with van der Waals surface area (Å²) in [5.41, 5.74) is 0.503. The molecule has 1 aliphatic heterocycles. The van der Waals surface area contributed by atoms with Crippen molar-refractivity contribution < 1.29 is 13.9 Å². The van der Waals surface area contributed by atoms with Crippen molar-refractivity contribution in [1.82, 2.24) is 4.90 Å². The number of nitrogens with zero attached hydrogens (tertiary/aromatic N) is 1. The van der Waals surface area contributed by atoms with Crippen LogP contribution < -0.4 is 5.32 Å². The number of hydrogen-bond acceptors (Lipinski definition) is 4. The molecule has 1 amide bonds. The largest absolute Gasteiger partial charge is 0.379 e. The molecule has 110 valence electrons. The lowest BCUT2D eigenvalue weighted by Crippen LogP contribution is -2.37. The number of anilines is 1. The first-order valence-corrected chi connectivity index (χ1v) is 7.83. The van der Waals surface area contributed by atoms with Crippen LogP contribution >= 0.6 is 11.8 Å². The summed E-state index contributed by atoms with van der Waals surface area (Å²) in [5.74, 6) is 0.864. The van der Waals surface area contributed by atoms with Gasteiger partial charge in [0.1, 0.15) is 5.82 Å². The van der Waals surface area contributed by atoms with Gasteiger partial charge in [0.25, 0.3) is 0 Å². The Hall–Kier alpha value is -1.11. The Morgan fingerprint density at radius 2 is 2.20 bits per heavy atom. The van der Waals surface area contributed by atoms with Crippen LogP contribution in [0.25, 0.3) is 0 Å². The summed E-state index contributed by atoms with van der Waals surface area (Å²) < 4.78 is 18.2. The molecule has 1 aliphatic rings. The maximum Gasteiger partial charge on any atom is 0.234 e. The summed E-state index contributed by atoms with van der Waals surface area (Å²) in [4.78, 5) is 14.0. The van der Waals surface area contributed by atoms with E-state index in [1.54, 1.807) is 23.9 Å². The standard InChI is InChI=1S/C14H19FN2O2S/c15-12-2-1-3-13(10-12)16-14(18)11-20-9-6-17-4-7-19-8-5-17/h1-3,10H,4-9,11H2,(H,16,18). The molecule has 0 aromatic heterocycles. The van der Waals surface area contributed by atoms with Crippen LogP contribution in [0.3, 0.4) is 0 Å². The number of carbonyl (C=O) groups is 1. The number of ether oxygens (including phenoxy) is 1. The van der Waals surface area contributed by atoms with Gasteiger partial charge in [-0.1, -0.05) is 6.07 Å². The van der Waals surface area contributed by atoms with Crippen LogP contribution in [0.5, 0.6) is 0 Å². The summed E-state index contributed by atoms with van der Waals surface area (Å²) in [6, 6.07) is 5.93. The molecule has 0 aliphatic carbocycles. The second-order valence-corrected chi connectivity index (χ2v) is 5.67. The zero-order valence-electron chi connectivity index (χ0n) is 11.3. The molecule has 1 fully saturated rings. The molecule has 20 heavy (non-hydrogen) atoms. The molecular weight excluding hydrogens is 279 g/mol. The van der Waals surface area contributed by atoms with E-state index in [4.69, 9.17) is 4.74 Å². The lowest BCUT2D eigenvalue weighted by atomic mass is 10.3. The number of thioether (sulfide) groups is 1. The Balaban J connectivity index is 1.60. The number of benzene rings is 1. The Labute approximate surface area is 122 Å². The van der Waals surface area contributed by atoms with E-state index in [1.807, 2.05) is 0 Å². The molecular formula is C14H19FN2O2S. The van der Waals surface area contributed by atoms with Gasteiger partial charge in [0.2, 0.25) is 5.91 Å². The predicted octanol–water partition coefficient (Wildman–Crippen LogP) is 1.83. The Bertz CT molecular complexity index is 439. The topological polar surface area (TPSA) is 41.6 Å². The van der Waals surface area contributed by atoms with E-state index in [0.717, 1.165) is 38.6 Å². The van der Waals surface area contributed by atoms with Crippen molar-refractivity contribution in [2.24, 2.45) is 0 Å². The van der Waals surface area contributed by atoms with Crippen LogP contribution in [-0.2, 0) is 9.53 Å². The van der Waals surface area contributed by atoms with E-state index in [9.17, 15) is 9.18 Å². The van der Waals surface area contributed by atoms with Crippen LogP contribution in [0.15, 0.2) is 24.3 Å². The quantitative estimate of drug-likeness (QED) is 0.814. The van der Waals surface area contributed by atoms with Gasteiger partial charge in [-0.15, -0.1) is 0 Å². The van der Waals surface area contributed by atoms with Gasteiger partial charge in [-0.3, -0.25) is 9.69 Å². The highest BCUT2D eigenvalue weighted by atomic mass is 32.2. The van der Waals surface area contributed by atoms with E-state index in [2.05, 4.69) is 10.2 Å². The second kappa shape index (κ2) is 8.24. The summed E-state index contributed by atoms with van der Waals surface area (Å²) in [5, 5.41) is 2.69. The predicted molar refractivity (Wildman–Crippen MR) is 79.6 cm³/mol. The third-order valence-electron chi connectivity index (χ3n) is 3.00. The Morgan fingerprint density at radius 3 is 2.95 bits per heavy atom. The summed E-state index contributed by atoms with van der Waals surface area (Å²) in [7, 11) is 0. The molecule has 1 aromatic carbocycles. The highest BCUT2D eigenvalue weighted by molar-refractivity contribution is 7.99. The monoisotopic (exact) mass is 298 g/mol. The molecule has 0 spiro atoms. The number of rotatable bonds is 6. The number of nitrogens with one attached hydrogen (secondary N) is 1. The minimum absolute atomic E-state index is 0.0948. The van der Waals surface area contributed by atoms with Gasteiger partial charge in [0.15, 0.2) is 0 Å². The summed E-state index contributed by atoms with van der Waals surface area (Å²) in [6.07, 6.45) is 0. The van der Waals surface area contributed by atoms with Gasteiger partial charge >= 0.3 is 0 Å². The van der Waals surface area contributed by atoms with Gasteiger partial charge in [0.05, 0.1) is 19.0 Å². The SMILES string of the molecule is O=C(CSCCN1CCOCC1)Nc1cccc(F)c1. The van der Waals surface area contributed by atoms with Gasteiger partial charge in [0, 0.05) is 31.1 Å². The highest BCUT2D eigenvalue weighted by Crippen LogP contribution is 2.10. The molecule has 1 aromatic rings. The molecule has 0 bridgehead atoms. The molecule has 2 rings (SSSR count). The molecule has 6 heteroatoms. The minimum atomic E-state index is -0.345. The van der Waals surface area contributed by atoms with Crippen molar-refractivity contribution in [3.05, 3.63) is 30.1 Å². The van der Waals surface area contributed by atoms with Gasteiger partial charge in [-0.05, 0) is 18.2 Å². The van der Waals surface area contributed by atoms with Crippen molar-refractivity contribution in [1.29, 1.82) is 0 Å². The molecule has 0 radical (unpaired) electrons. The highest BCUT2D eigenvalue weighted by Gasteiger charge is 2.10. The second-order valence-electron chi connectivity index (χ2n) is 4.57. The number of hydrogen-bond donors (Lipinski definition) is 1. The zero-order valence-corrected chi connectivity index (χ0v) is 12.1. The zero-order chi connectivity index (χ0) is 14.2. The van der Waals surface area contributed by atoms with Crippen LogP contribution in [0.4, 0.5) is 10.1 Å². The van der Waals surface area contributed by atoms with E-state index in [-0.39, 0.29) is 11.7 Å². The fraction of sp³-hybridized carbons (Fsp3) is 0.500. The van der Waals surface area contributed by atoms with Crippen molar-refractivity contribution >= 4 is 23.4 Å². The molecule has 0 saturated carbocycles. The van der Waals surface area contributed by atoms with Gasteiger partial charge in [-0.25, -0.2) is 4.39 Å². The van der Waals surface area contributed by atoms with Crippen LogP contribution in [0, 0.1) is 5.82 Å². The van der Waals surface area contributed by atoms with Crippen LogP contribution in [0.1, 0.15) is 0 Å². The lowest BCUT2D eigenvalue weighted by Gasteiger charge is -2.26. The van der Waals surface area contributed by atoms with Gasteiger partial charge in [-0.2, -0.15) is 11.8 Å². The number of amides is 1. The average molecular weight is 298 g/mol. The molecule has 0 unspecified atom stereocenters. The first-order valence-electron chi connectivity index (χ1n) is 6.67. The van der Waals surface area contributed by atoms with Crippen molar-refractivity contribution in [2.45, 2.75) is 0 Å². The third kappa shape index (κ3) is 5.48. The van der Waals surface area contributed by atoms with E-state index in [0.29, 0.717) is 11.4 Å². The first-order chi connectivity index (χ1) is 9.74.